The highest BCUT2D eigenvalue weighted by Crippen LogP contribution is 2.29. The third kappa shape index (κ3) is 8.86. The molecule has 1 aromatic heterocycles. The van der Waals surface area contributed by atoms with Crippen LogP contribution in [-0.4, -0.2) is 70.9 Å². The molecule has 1 atom stereocenters. The van der Waals surface area contributed by atoms with E-state index in [1.54, 1.807) is 12.1 Å². The van der Waals surface area contributed by atoms with Crippen LogP contribution in [0.25, 0.3) is 22.0 Å². The monoisotopic (exact) mass is 703 g/mol. The number of fused-ring (bicyclic) bond motifs is 1. The van der Waals surface area contributed by atoms with Crippen LogP contribution in [0.3, 0.4) is 0 Å². The molecule has 0 radical (unpaired) electrons. The fourth-order valence-electron chi connectivity index (χ4n) is 6.74. The van der Waals surface area contributed by atoms with Crippen molar-refractivity contribution in [2.45, 2.75) is 45.4 Å². The second-order valence-corrected chi connectivity index (χ2v) is 13.3. The summed E-state index contributed by atoms with van der Waals surface area (Å²) >= 11 is 0. The molecule has 11 nitrogen and oxygen atoms in total. The minimum atomic E-state index is -0.869. The second-order valence-electron chi connectivity index (χ2n) is 13.3. The third-order valence-corrected chi connectivity index (χ3v) is 9.62. The lowest BCUT2D eigenvalue weighted by molar-refractivity contribution is 0.0587. The minimum absolute atomic E-state index is 0.0535. The number of carbonyl (C=O) groups is 2. The van der Waals surface area contributed by atoms with Gasteiger partial charge in [-0.3, -0.25) is 14.9 Å². The van der Waals surface area contributed by atoms with E-state index in [-0.39, 0.29) is 29.9 Å². The molecular formula is C41H45N5O6. The van der Waals surface area contributed by atoms with Crippen molar-refractivity contribution in [3.8, 4) is 16.9 Å². The molecule has 0 aliphatic carbocycles. The Hall–Kier alpha value is -5.49. The zero-order valence-electron chi connectivity index (χ0n) is 29.4. The molecular weight excluding hydrogens is 658 g/mol. The predicted octanol–water partition coefficient (Wildman–Crippen LogP) is 5.78. The van der Waals surface area contributed by atoms with Gasteiger partial charge in [-0.05, 0) is 78.8 Å². The van der Waals surface area contributed by atoms with Crippen molar-refractivity contribution in [3.05, 3.63) is 129 Å². The van der Waals surface area contributed by atoms with E-state index in [0.29, 0.717) is 47.4 Å². The van der Waals surface area contributed by atoms with Gasteiger partial charge in [0.25, 0.3) is 5.91 Å². The van der Waals surface area contributed by atoms with Crippen molar-refractivity contribution in [1.82, 2.24) is 20.5 Å². The Morgan fingerprint density at radius 1 is 0.942 bits per heavy atom. The van der Waals surface area contributed by atoms with Crippen molar-refractivity contribution < 1.29 is 24.5 Å². The number of ether oxygens (including phenoxy) is 1. The summed E-state index contributed by atoms with van der Waals surface area (Å²) in [5, 5.41) is 30.9. The van der Waals surface area contributed by atoms with Crippen LogP contribution in [0.15, 0.2) is 95.8 Å². The van der Waals surface area contributed by atoms with Crippen molar-refractivity contribution in [3.63, 3.8) is 0 Å². The molecule has 6 N–H and O–H groups in total. The van der Waals surface area contributed by atoms with Gasteiger partial charge in [0.15, 0.2) is 0 Å². The average molecular weight is 704 g/mol. The number of rotatable bonds is 12. The number of nitrogens with zero attached hydrogens (tertiary/aromatic N) is 1. The Labute approximate surface area is 302 Å². The topological polar surface area (TPSA) is 156 Å². The standard InChI is InChI=1S/C41H45N5O6/c1-26-23-34(27(2)22-29(26)24-42-25-37(48)32-12-14-36(47)39-33(32)13-15-38(49)45-39)40(50)43-18-21-46-19-16-30(17-20-46)52-41(51)44-35-11-7-6-10-31(35)28-8-4-3-5-9-28/h3-15,22-23,30,37,42,47-48H,16-21,24-25H2,1-2H3,(H,43,50)(H,44,51)(H,45,49)/t37-/m0/s1. The fourth-order valence-corrected chi connectivity index (χ4v) is 6.74. The number of aromatic amines is 1. The van der Waals surface area contributed by atoms with Gasteiger partial charge in [0, 0.05) is 61.8 Å². The predicted molar refractivity (Wildman–Crippen MR) is 203 cm³/mol. The normalized spacial score (nSPS) is 14.2. The highest BCUT2D eigenvalue weighted by atomic mass is 16.6. The van der Waals surface area contributed by atoms with Crippen LogP contribution in [0.5, 0.6) is 5.75 Å². The highest BCUT2D eigenvalue weighted by Gasteiger charge is 2.23. The number of benzene rings is 4. The zero-order chi connectivity index (χ0) is 36.6. The molecule has 0 saturated carbocycles. The van der Waals surface area contributed by atoms with Crippen LogP contribution in [0.2, 0.25) is 0 Å². The summed E-state index contributed by atoms with van der Waals surface area (Å²) in [5.41, 5.74) is 6.68. The fraction of sp³-hybridized carbons (Fsp3) is 0.293. The largest absolute Gasteiger partial charge is 0.506 e. The van der Waals surface area contributed by atoms with Gasteiger partial charge in [-0.1, -0.05) is 60.7 Å². The molecule has 270 valence electrons. The number of hydrogen-bond acceptors (Lipinski definition) is 8. The minimum Gasteiger partial charge on any atom is -0.506 e. The first-order valence-corrected chi connectivity index (χ1v) is 17.6. The lowest BCUT2D eigenvalue weighted by atomic mass is 9.99. The van der Waals surface area contributed by atoms with E-state index in [4.69, 9.17) is 4.74 Å². The van der Waals surface area contributed by atoms with Gasteiger partial charge < -0.3 is 35.5 Å². The zero-order valence-corrected chi connectivity index (χ0v) is 29.4. The molecule has 2 amide bonds. The summed E-state index contributed by atoms with van der Waals surface area (Å²) in [7, 11) is 0. The maximum atomic E-state index is 13.1. The number of carbonyl (C=O) groups excluding carboxylic acids is 2. The summed E-state index contributed by atoms with van der Waals surface area (Å²) in [4.78, 5) is 42.5. The van der Waals surface area contributed by atoms with Gasteiger partial charge in [0.1, 0.15) is 11.9 Å². The summed E-state index contributed by atoms with van der Waals surface area (Å²) in [6, 6.07) is 27.6. The number of hydrogen-bond donors (Lipinski definition) is 6. The van der Waals surface area contributed by atoms with Gasteiger partial charge in [0.05, 0.1) is 17.3 Å². The van der Waals surface area contributed by atoms with Crippen LogP contribution >= 0.6 is 0 Å². The van der Waals surface area contributed by atoms with E-state index >= 15 is 0 Å². The van der Waals surface area contributed by atoms with Gasteiger partial charge in [-0.25, -0.2) is 4.79 Å². The lowest BCUT2D eigenvalue weighted by Crippen LogP contribution is -2.42. The lowest BCUT2D eigenvalue weighted by Gasteiger charge is -2.31. The molecule has 0 unspecified atom stereocenters. The van der Waals surface area contributed by atoms with Gasteiger partial charge >= 0.3 is 6.09 Å². The molecule has 1 aliphatic rings. The van der Waals surface area contributed by atoms with Gasteiger partial charge in [0.2, 0.25) is 5.56 Å². The maximum Gasteiger partial charge on any atom is 0.411 e. The number of nitrogens with one attached hydrogen (secondary N) is 4. The van der Waals surface area contributed by atoms with Crippen LogP contribution in [0.4, 0.5) is 10.5 Å². The van der Waals surface area contributed by atoms with E-state index < -0.39 is 12.2 Å². The number of phenolic OH excluding ortho intramolecular Hbond substituents is 1. The molecule has 6 rings (SSSR count). The quantitative estimate of drug-likeness (QED) is 0.0955. The number of amides is 2. The first kappa shape index (κ1) is 36.3. The number of aromatic nitrogens is 1. The van der Waals surface area contributed by atoms with Gasteiger partial charge in [-0.15, -0.1) is 0 Å². The number of aromatic hydroxyl groups is 1. The molecule has 4 aromatic carbocycles. The van der Waals surface area contributed by atoms with Crippen LogP contribution in [0, 0.1) is 13.8 Å². The summed E-state index contributed by atoms with van der Waals surface area (Å²) in [6.45, 7) is 7.35. The number of phenols is 1. The number of pyridine rings is 1. The van der Waals surface area contributed by atoms with Gasteiger partial charge in [-0.2, -0.15) is 0 Å². The van der Waals surface area contributed by atoms with Crippen LogP contribution in [-0.2, 0) is 11.3 Å². The Kier molecular flexibility index (Phi) is 11.6. The number of para-hydroxylation sites is 1. The highest BCUT2D eigenvalue weighted by molar-refractivity contribution is 5.96. The number of H-pyrrole nitrogens is 1. The average Bonchev–Trinajstić information content (AvgIpc) is 3.14. The molecule has 5 aromatic rings. The van der Waals surface area contributed by atoms with E-state index in [9.17, 15) is 24.6 Å². The third-order valence-electron chi connectivity index (χ3n) is 9.62. The Morgan fingerprint density at radius 2 is 1.69 bits per heavy atom. The number of aryl methyl sites for hydroxylation is 2. The smallest absolute Gasteiger partial charge is 0.411 e. The summed E-state index contributed by atoms with van der Waals surface area (Å²) in [6.07, 6.45) is -0.0537. The summed E-state index contributed by atoms with van der Waals surface area (Å²) < 4.78 is 5.77. The van der Waals surface area contributed by atoms with Crippen LogP contribution < -0.4 is 21.5 Å². The number of likely N-dealkylation sites (tertiary alicyclic amines) is 1. The molecule has 0 spiro atoms. The Morgan fingerprint density at radius 3 is 2.48 bits per heavy atom. The number of piperidine rings is 1. The second kappa shape index (κ2) is 16.7. The van der Waals surface area contributed by atoms with E-state index in [0.717, 1.165) is 53.7 Å². The van der Waals surface area contributed by atoms with E-state index in [1.807, 2.05) is 80.6 Å². The SMILES string of the molecule is Cc1cc(C(=O)NCCN2CCC(OC(=O)Nc3ccccc3-c3ccccc3)CC2)c(C)cc1CNC[C@H](O)c1ccc(O)c2[nH]c(=O)ccc12. The first-order valence-electron chi connectivity index (χ1n) is 17.6. The maximum absolute atomic E-state index is 13.1. The van der Waals surface area contributed by atoms with Crippen molar-refractivity contribution >= 4 is 28.6 Å². The Balaban J connectivity index is 0.927. The van der Waals surface area contributed by atoms with Crippen LogP contribution in [0.1, 0.15) is 51.6 Å². The number of anilines is 1. The molecule has 11 heteroatoms. The van der Waals surface area contributed by atoms with Crippen molar-refractivity contribution in [1.29, 1.82) is 0 Å². The number of aliphatic hydroxyl groups excluding tert-OH is 1. The number of aliphatic hydroxyl groups is 1. The molecule has 52 heavy (non-hydrogen) atoms. The van der Waals surface area contributed by atoms with Crippen molar-refractivity contribution in [2.75, 3.05) is 38.0 Å². The molecule has 1 fully saturated rings. The Bertz CT molecular complexity index is 2090. The molecule has 1 saturated heterocycles. The van der Waals surface area contributed by atoms with E-state index in [2.05, 4.69) is 25.8 Å². The summed E-state index contributed by atoms with van der Waals surface area (Å²) in [5.74, 6) is -0.180. The van der Waals surface area contributed by atoms with Crippen molar-refractivity contribution in [2.24, 2.45) is 0 Å². The molecule has 2 heterocycles. The molecule has 0 bridgehead atoms. The molecule has 1 aliphatic heterocycles. The first-order chi connectivity index (χ1) is 25.2. The van der Waals surface area contributed by atoms with E-state index in [1.165, 1.54) is 12.1 Å².